The first kappa shape index (κ1) is 12.7. The zero-order chi connectivity index (χ0) is 10.9. The number of hydrogen-bond donors (Lipinski definition) is 2. The second kappa shape index (κ2) is 7.89. The van der Waals surface area contributed by atoms with Crippen LogP contribution in [0.4, 0.5) is 0 Å². The highest BCUT2D eigenvalue weighted by Gasteiger charge is 2.08. The Morgan fingerprint density at radius 1 is 1.47 bits per heavy atom. The van der Waals surface area contributed by atoms with E-state index in [1.807, 2.05) is 0 Å². The first-order valence-electron chi connectivity index (χ1n) is 6.29. The molecule has 2 nitrogen and oxygen atoms in total. The van der Waals surface area contributed by atoms with Crippen LogP contribution in [0.1, 0.15) is 39.0 Å². The second-order valence-electron chi connectivity index (χ2n) is 4.78. The highest BCUT2D eigenvalue weighted by Crippen LogP contribution is 2.16. The molecule has 0 saturated carbocycles. The van der Waals surface area contributed by atoms with Crippen molar-refractivity contribution in [3.8, 4) is 0 Å². The summed E-state index contributed by atoms with van der Waals surface area (Å²) >= 11 is 0. The van der Waals surface area contributed by atoms with E-state index < -0.39 is 0 Å². The first-order valence-corrected chi connectivity index (χ1v) is 6.29. The molecule has 1 rings (SSSR count). The highest BCUT2D eigenvalue weighted by atomic mass is 16.3. The summed E-state index contributed by atoms with van der Waals surface area (Å²) in [5, 5.41) is 12.4. The number of nitrogens with one attached hydrogen (secondary N) is 1. The standard InChI is InChI=1S/C13H25NO/c1-12(11-15)6-5-9-14-10-13-7-3-2-4-8-13/h2-3,12-15H,4-11H2,1H3. The fraction of sp³-hybridized carbons (Fsp3) is 0.846. The molecule has 2 heteroatoms. The summed E-state index contributed by atoms with van der Waals surface area (Å²) in [4.78, 5) is 0. The first-order chi connectivity index (χ1) is 7.33. The number of aliphatic hydroxyl groups excluding tert-OH is 1. The van der Waals surface area contributed by atoms with Gasteiger partial charge in [-0.15, -0.1) is 0 Å². The smallest absolute Gasteiger partial charge is 0.0456 e. The van der Waals surface area contributed by atoms with Gasteiger partial charge in [0.1, 0.15) is 0 Å². The van der Waals surface area contributed by atoms with Gasteiger partial charge in [0, 0.05) is 6.61 Å². The third-order valence-corrected chi connectivity index (χ3v) is 3.17. The average molecular weight is 211 g/mol. The maximum atomic E-state index is 8.87. The van der Waals surface area contributed by atoms with Crippen LogP contribution in [0, 0.1) is 11.8 Å². The predicted molar refractivity (Wildman–Crippen MR) is 64.8 cm³/mol. The van der Waals surface area contributed by atoms with Crippen LogP contribution >= 0.6 is 0 Å². The summed E-state index contributed by atoms with van der Waals surface area (Å²) in [7, 11) is 0. The Morgan fingerprint density at radius 3 is 3.00 bits per heavy atom. The summed E-state index contributed by atoms with van der Waals surface area (Å²) in [5.74, 6) is 1.31. The topological polar surface area (TPSA) is 32.3 Å². The fourth-order valence-corrected chi connectivity index (χ4v) is 2.01. The van der Waals surface area contributed by atoms with E-state index >= 15 is 0 Å². The molecule has 0 aliphatic heterocycles. The van der Waals surface area contributed by atoms with Crippen molar-refractivity contribution in [3.05, 3.63) is 12.2 Å². The average Bonchev–Trinajstić information content (AvgIpc) is 2.29. The molecule has 0 aromatic rings. The molecule has 0 bridgehead atoms. The zero-order valence-corrected chi connectivity index (χ0v) is 9.91. The van der Waals surface area contributed by atoms with Gasteiger partial charge in [-0.05, 0) is 57.0 Å². The van der Waals surface area contributed by atoms with Gasteiger partial charge in [-0.2, -0.15) is 0 Å². The third-order valence-electron chi connectivity index (χ3n) is 3.17. The molecule has 0 aromatic heterocycles. The molecule has 0 amide bonds. The quantitative estimate of drug-likeness (QED) is 0.500. The maximum Gasteiger partial charge on any atom is 0.0456 e. The zero-order valence-electron chi connectivity index (χ0n) is 9.91. The molecule has 15 heavy (non-hydrogen) atoms. The van der Waals surface area contributed by atoms with Gasteiger partial charge >= 0.3 is 0 Å². The Balaban J connectivity index is 1.90. The molecule has 0 saturated heterocycles. The molecule has 0 aromatic carbocycles. The Morgan fingerprint density at radius 2 is 2.33 bits per heavy atom. The van der Waals surface area contributed by atoms with E-state index in [9.17, 15) is 0 Å². The van der Waals surface area contributed by atoms with Crippen molar-refractivity contribution in [3.63, 3.8) is 0 Å². The van der Waals surface area contributed by atoms with Gasteiger partial charge in [-0.1, -0.05) is 19.1 Å². The van der Waals surface area contributed by atoms with Gasteiger partial charge in [0.15, 0.2) is 0 Å². The van der Waals surface area contributed by atoms with E-state index in [0.29, 0.717) is 12.5 Å². The number of allylic oxidation sites excluding steroid dienone is 2. The van der Waals surface area contributed by atoms with Gasteiger partial charge in [0.25, 0.3) is 0 Å². The molecule has 0 spiro atoms. The molecular weight excluding hydrogens is 186 g/mol. The normalized spacial score (nSPS) is 22.9. The predicted octanol–water partition coefficient (Wildman–Crippen LogP) is 2.34. The van der Waals surface area contributed by atoms with Gasteiger partial charge < -0.3 is 10.4 Å². The molecule has 88 valence electrons. The maximum absolute atomic E-state index is 8.87. The van der Waals surface area contributed by atoms with Crippen molar-refractivity contribution < 1.29 is 5.11 Å². The second-order valence-corrected chi connectivity index (χ2v) is 4.78. The molecule has 1 aliphatic carbocycles. The molecular formula is C13H25NO. The molecule has 2 atom stereocenters. The van der Waals surface area contributed by atoms with Crippen molar-refractivity contribution in [2.45, 2.75) is 39.0 Å². The Bertz CT molecular complexity index is 179. The summed E-state index contributed by atoms with van der Waals surface area (Å²) in [6.45, 7) is 4.70. The van der Waals surface area contributed by atoms with Crippen molar-refractivity contribution in [2.24, 2.45) is 11.8 Å². The van der Waals surface area contributed by atoms with Crippen molar-refractivity contribution in [2.75, 3.05) is 19.7 Å². The van der Waals surface area contributed by atoms with Crippen LogP contribution in [-0.4, -0.2) is 24.8 Å². The molecule has 2 N–H and O–H groups in total. The molecule has 0 heterocycles. The summed E-state index contributed by atoms with van der Waals surface area (Å²) in [6, 6.07) is 0. The van der Waals surface area contributed by atoms with Gasteiger partial charge in [-0.3, -0.25) is 0 Å². The van der Waals surface area contributed by atoms with E-state index in [-0.39, 0.29) is 0 Å². The van der Waals surface area contributed by atoms with Crippen LogP contribution in [0.25, 0.3) is 0 Å². The number of rotatable bonds is 7. The lowest BCUT2D eigenvalue weighted by Gasteiger charge is -2.18. The van der Waals surface area contributed by atoms with Gasteiger partial charge in [-0.25, -0.2) is 0 Å². The van der Waals surface area contributed by atoms with Crippen molar-refractivity contribution in [1.29, 1.82) is 0 Å². The lowest BCUT2D eigenvalue weighted by molar-refractivity contribution is 0.227. The molecule has 2 unspecified atom stereocenters. The van der Waals surface area contributed by atoms with E-state index in [0.717, 1.165) is 25.4 Å². The van der Waals surface area contributed by atoms with Crippen LogP contribution in [-0.2, 0) is 0 Å². The lowest BCUT2D eigenvalue weighted by Crippen LogP contribution is -2.24. The van der Waals surface area contributed by atoms with Crippen LogP contribution in [0.5, 0.6) is 0 Å². The van der Waals surface area contributed by atoms with Crippen molar-refractivity contribution in [1.82, 2.24) is 5.32 Å². The van der Waals surface area contributed by atoms with Crippen LogP contribution in [0.3, 0.4) is 0 Å². The number of hydrogen-bond acceptors (Lipinski definition) is 2. The Labute approximate surface area is 93.8 Å². The monoisotopic (exact) mass is 211 g/mol. The minimum Gasteiger partial charge on any atom is -0.396 e. The van der Waals surface area contributed by atoms with E-state index in [1.165, 1.54) is 25.7 Å². The third kappa shape index (κ3) is 5.95. The SMILES string of the molecule is CC(CO)CCCNCC1CC=CCC1. The Kier molecular flexibility index (Phi) is 6.69. The minimum absolute atomic E-state index is 0.327. The Hall–Kier alpha value is -0.340. The van der Waals surface area contributed by atoms with Crippen molar-refractivity contribution >= 4 is 0 Å². The number of aliphatic hydroxyl groups is 1. The largest absolute Gasteiger partial charge is 0.396 e. The van der Waals surface area contributed by atoms with Crippen LogP contribution in [0.15, 0.2) is 12.2 Å². The van der Waals surface area contributed by atoms with Crippen LogP contribution < -0.4 is 5.32 Å². The molecule has 0 fully saturated rings. The summed E-state index contributed by atoms with van der Waals surface area (Å²) in [6.07, 6.45) is 10.8. The molecule has 1 aliphatic rings. The highest BCUT2D eigenvalue weighted by molar-refractivity contribution is 4.90. The fourth-order valence-electron chi connectivity index (χ4n) is 2.01. The minimum atomic E-state index is 0.327. The van der Waals surface area contributed by atoms with Crippen LogP contribution in [0.2, 0.25) is 0 Å². The summed E-state index contributed by atoms with van der Waals surface area (Å²) in [5.41, 5.74) is 0. The summed E-state index contributed by atoms with van der Waals surface area (Å²) < 4.78 is 0. The lowest BCUT2D eigenvalue weighted by atomic mass is 9.94. The van der Waals surface area contributed by atoms with E-state index in [1.54, 1.807) is 0 Å². The van der Waals surface area contributed by atoms with Gasteiger partial charge in [0.2, 0.25) is 0 Å². The molecule has 0 radical (unpaired) electrons. The van der Waals surface area contributed by atoms with E-state index in [2.05, 4.69) is 24.4 Å². The van der Waals surface area contributed by atoms with E-state index in [4.69, 9.17) is 5.11 Å². The van der Waals surface area contributed by atoms with Gasteiger partial charge in [0.05, 0.1) is 0 Å².